The molecule has 324 valence electrons. The van der Waals surface area contributed by atoms with Crippen LogP contribution in [0, 0.1) is 17.2 Å². The van der Waals surface area contributed by atoms with Crippen LogP contribution in [-0.2, 0) is 29.6 Å². The van der Waals surface area contributed by atoms with Gasteiger partial charge in [0.2, 0.25) is 11.8 Å². The van der Waals surface area contributed by atoms with E-state index in [-0.39, 0.29) is 29.7 Å². The lowest BCUT2D eigenvalue weighted by Gasteiger charge is -2.52. The maximum Gasteiger partial charge on any atom is 0.329 e. The van der Waals surface area contributed by atoms with Crippen LogP contribution in [0.25, 0.3) is 22.4 Å². The number of methoxy groups -OCH3 is 1. The molecule has 9 rings (SSSR count). The second-order valence-electron chi connectivity index (χ2n) is 16.9. The average Bonchev–Trinajstić information content (AvgIpc) is 3.52. The molecule has 0 bridgehead atoms. The molecule has 4 aromatic heterocycles. The molecule has 1 atom stereocenters. The van der Waals surface area contributed by atoms with Crippen molar-refractivity contribution in [1.82, 2.24) is 44.6 Å². The number of nitrogens with one attached hydrogen (secondary N) is 4. The van der Waals surface area contributed by atoms with E-state index in [9.17, 15) is 23.6 Å². The van der Waals surface area contributed by atoms with Crippen LogP contribution >= 0.6 is 0 Å². The van der Waals surface area contributed by atoms with Crippen molar-refractivity contribution in [3.63, 3.8) is 0 Å². The van der Waals surface area contributed by atoms with E-state index in [1.165, 1.54) is 36.3 Å². The van der Waals surface area contributed by atoms with Gasteiger partial charge in [-0.05, 0) is 104 Å². The molecule has 3 aliphatic rings. The summed E-state index contributed by atoms with van der Waals surface area (Å²) in [6.07, 6.45) is 11.7. The summed E-state index contributed by atoms with van der Waals surface area (Å²) in [4.78, 5) is 70.3. The van der Waals surface area contributed by atoms with E-state index >= 15 is 0 Å². The highest BCUT2D eigenvalue weighted by Crippen LogP contribution is 2.53. The summed E-state index contributed by atoms with van der Waals surface area (Å²) in [6, 6.07) is 16.5. The first-order valence-corrected chi connectivity index (χ1v) is 21.1. The van der Waals surface area contributed by atoms with E-state index in [1.807, 2.05) is 18.3 Å². The number of imidazole rings is 1. The molecule has 63 heavy (non-hydrogen) atoms. The van der Waals surface area contributed by atoms with Crippen molar-refractivity contribution in [2.45, 2.75) is 57.5 Å². The summed E-state index contributed by atoms with van der Waals surface area (Å²) in [5, 5.41) is 11.6. The highest BCUT2D eigenvalue weighted by atomic mass is 19.1. The zero-order valence-electron chi connectivity index (χ0n) is 35.3. The Morgan fingerprint density at radius 3 is 2.37 bits per heavy atom. The molecule has 17 heteroatoms. The van der Waals surface area contributed by atoms with Crippen LogP contribution in [0.1, 0.15) is 66.1 Å². The third-order valence-electron chi connectivity index (χ3n) is 12.8. The number of nitrogens with zero attached hydrogens (tertiary/aromatic N) is 7. The summed E-state index contributed by atoms with van der Waals surface area (Å²) in [6.45, 7) is 2.86. The van der Waals surface area contributed by atoms with Crippen LogP contribution in [0.3, 0.4) is 0 Å². The Morgan fingerprint density at radius 2 is 1.65 bits per heavy atom. The maximum atomic E-state index is 13.6. The van der Waals surface area contributed by atoms with Crippen LogP contribution in [0.2, 0.25) is 0 Å². The molecule has 1 unspecified atom stereocenters. The molecule has 3 fully saturated rings. The lowest BCUT2D eigenvalue weighted by atomic mass is 9.56. The molecule has 2 aromatic carbocycles. The summed E-state index contributed by atoms with van der Waals surface area (Å²) in [5.41, 5.74) is 5.81. The van der Waals surface area contributed by atoms with Crippen molar-refractivity contribution in [1.29, 1.82) is 0 Å². The minimum absolute atomic E-state index is 0.217. The summed E-state index contributed by atoms with van der Waals surface area (Å²) in [5.74, 6) is 0.759. The number of hydrogen-bond acceptors (Lipinski definition) is 12. The first-order chi connectivity index (χ1) is 30.5. The molecule has 6 heterocycles. The number of benzene rings is 2. The number of carbonyl (C=O) groups is 3. The number of amides is 3. The van der Waals surface area contributed by atoms with Gasteiger partial charge in [0.1, 0.15) is 17.7 Å². The quantitative estimate of drug-likeness (QED) is 0.109. The Balaban J connectivity index is 0.793. The first-order valence-electron chi connectivity index (χ1n) is 21.1. The number of ether oxygens (including phenoxy) is 1. The zero-order valence-corrected chi connectivity index (χ0v) is 35.3. The highest BCUT2D eigenvalue weighted by molar-refractivity contribution is 6.01. The van der Waals surface area contributed by atoms with Gasteiger partial charge in [-0.15, -0.1) is 0 Å². The van der Waals surface area contributed by atoms with Crippen LogP contribution in [0.15, 0.2) is 84.2 Å². The molecule has 1 saturated carbocycles. The normalized spacial score (nSPS) is 17.6. The molecule has 16 nitrogen and oxygen atoms in total. The number of pyridine rings is 2. The Bertz CT molecular complexity index is 2770. The van der Waals surface area contributed by atoms with Crippen LogP contribution in [-0.4, -0.2) is 78.9 Å². The van der Waals surface area contributed by atoms with Crippen molar-refractivity contribution in [3.05, 3.63) is 112 Å². The van der Waals surface area contributed by atoms with E-state index in [0.29, 0.717) is 57.6 Å². The van der Waals surface area contributed by atoms with E-state index in [2.05, 4.69) is 64.3 Å². The van der Waals surface area contributed by atoms with Crippen LogP contribution < -0.4 is 31.7 Å². The molecule has 3 amide bonds. The fourth-order valence-corrected chi connectivity index (χ4v) is 9.55. The number of fused-ring (bicyclic) bond motifs is 1. The number of anilines is 4. The lowest BCUT2D eigenvalue weighted by molar-refractivity contribution is -0.135. The number of likely N-dealkylation sites (tertiary alicyclic amines) is 1. The molecular formula is C46H48FN11O5. The number of imide groups is 1. The van der Waals surface area contributed by atoms with Gasteiger partial charge in [-0.3, -0.25) is 33.7 Å². The first kappa shape index (κ1) is 41.3. The number of carbonyl (C=O) groups excluding carboxylic acids is 3. The third kappa shape index (κ3) is 8.35. The molecule has 2 saturated heterocycles. The Kier molecular flexibility index (Phi) is 11.2. The minimum atomic E-state index is -0.687. The Labute approximate surface area is 362 Å². The molecule has 2 aliphatic heterocycles. The molecule has 6 aromatic rings. The molecule has 1 spiro atoms. The summed E-state index contributed by atoms with van der Waals surface area (Å²) >= 11 is 0. The monoisotopic (exact) mass is 853 g/mol. The fraction of sp³-hybridized carbons (Fsp3) is 0.348. The highest BCUT2D eigenvalue weighted by Gasteiger charge is 2.45. The van der Waals surface area contributed by atoms with Gasteiger partial charge >= 0.3 is 5.69 Å². The van der Waals surface area contributed by atoms with Gasteiger partial charge in [0.05, 0.1) is 53.0 Å². The maximum absolute atomic E-state index is 13.6. The van der Waals surface area contributed by atoms with Crippen LogP contribution in [0.4, 0.5) is 27.4 Å². The number of aromatic nitrogens is 6. The molecule has 4 N–H and O–H groups in total. The Hall–Kier alpha value is -7.01. The van der Waals surface area contributed by atoms with Gasteiger partial charge in [-0.1, -0.05) is 18.2 Å². The number of hydrogen-bond donors (Lipinski definition) is 4. The number of para-hydroxylation sites is 1. The number of piperidine rings is 2. The van der Waals surface area contributed by atoms with Gasteiger partial charge < -0.3 is 20.7 Å². The van der Waals surface area contributed by atoms with Crippen LogP contribution in [0.5, 0.6) is 5.75 Å². The van der Waals surface area contributed by atoms with E-state index in [4.69, 9.17) is 4.74 Å². The lowest BCUT2D eigenvalue weighted by Crippen LogP contribution is -2.47. The van der Waals surface area contributed by atoms with Crippen molar-refractivity contribution < 1.29 is 23.5 Å². The molecule has 1 aliphatic carbocycles. The third-order valence-corrected chi connectivity index (χ3v) is 12.8. The second kappa shape index (κ2) is 17.0. The van der Waals surface area contributed by atoms with Crippen molar-refractivity contribution in [3.8, 4) is 17.1 Å². The van der Waals surface area contributed by atoms with Gasteiger partial charge in [-0.25, -0.2) is 29.1 Å². The SMILES string of the molecule is CNC(=O)c1cnc(Nc2ccc(CN3CCC4(CC3)CC(Cc3ccc5c(c3)n(C)c(=O)n5C3CCC(=O)NC3=O)C4)cn2)cc1Nc1cccc(-c2ncc(F)cn2)c1OC. The smallest absolute Gasteiger partial charge is 0.329 e. The molecule has 0 radical (unpaired) electrons. The van der Waals surface area contributed by atoms with E-state index in [1.54, 1.807) is 42.9 Å². The standard InChI is InChI=1S/C46H48FN11O5/c1-48-43(60)32-25-50-39(19-34(32)53-33-6-4-5-31(41(33)63-3)42-51-23-30(47)24-52-42)54-38-11-8-28(22-49-38)26-57-15-13-46(14-16-57)20-29(21-46)17-27-7-9-35-37(18-27)56(2)45(62)58(35)36-10-12-40(59)55-44(36)61/h4-9,11,18-19,22-25,29,36H,10,12-17,20-21,26H2,1-3H3,(H,48,60)(H,55,59,61)(H2,49,50,53,54). The van der Waals surface area contributed by atoms with Crippen molar-refractivity contribution in [2.24, 2.45) is 18.4 Å². The van der Waals surface area contributed by atoms with Gasteiger partial charge in [0.25, 0.3) is 5.91 Å². The predicted octanol–water partition coefficient (Wildman–Crippen LogP) is 5.79. The minimum Gasteiger partial charge on any atom is -0.494 e. The van der Waals surface area contributed by atoms with E-state index in [0.717, 1.165) is 67.9 Å². The van der Waals surface area contributed by atoms with Crippen molar-refractivity contribution >= 4 is 51.8 Å². The average molecular weight is 854 g/mol. The predicted molar refractivity (Wildman–Crippen MR) is 234 cm³/mol. The Morgan fingerprint density at radius 1 is 0.889 bits per heavy atom. The fourth-order valence-electron chi connectivity index (χ4n) is 9.55. The van der Waals surface area contributed by atoms with Gasteiger partial charge in [0.15, 0.2) is 17.4 Å². The number of aryl methyl sites for hydroxylation is 1. The van der Waals surface area contributed by atoms with Crippen molar-refractivity contribution in [2.75, 3.05) is 37.9 Å². The topological polar surface area (TPSA) is 190 Å². The zero-order chi connectivity index (χ0) is 43.8. The van der Waals surface area contributed by atoms with Gasteiger partial charge in [-0.2, -0.15) is 0 Å². The summed E-state index contributed by atoms with van der Waals surface area (Å²) in [7, 11) is 4.80. The second-order valence-corrected chi connectivity index (χ2v) is 16.9. The largest absolute Gasteiger partial charge is 0.494 e. The summed E-state index contributed by atoms with van der Waals surface area (Å²) < 4.78 is 22.4. The van der Waals surface area contributed by atoms with E-state index < -0.39 is 17.8 Å². The number of halogens is 1. The molecular weight excluding hydrogens is 806 g/mol. The number of rotatable bonds is 12. The van der Waals surface area contributed by atoms with Gasteiger partial charge in [0, 0.05) is 45.5 Å².